The van der Waals surface area contributed by atoms with E-state index in [0.29, 0.717) is 72.9 Å². The van der Waals surface area contributed by atoms with Gasteiger partial charge in [0, 0.05) is 69.7 Å². The van der Waals surface area contributed by atoms with Crippen LogP contribution in [0.3, 0.4) is 0 Å². The molecule has 3 aliphatic heterocycles. The maximum absolute atomic E-state index is 12.2. The second-order valence-corrected chi connectivity index (χ2v) is 16.5. The molecular weight excluding hydrogens is 821 g/mol. The van der Waals surface area contributed by atoms with Gasteiger partial charge in [-0.05, 0) is 56.0 Å². The number of hydrogen-bond donors (Lipinski definition) is 2. The standard InChI is InChI=1S/C37H38N4O16S2/c42-30-16-17-31(43)40(30)56-36(46)10-3-1-5-20-38-26-14-12-24(58(48,49)50)22-28(26)54-34(38)8-7-9-35-39(27-15-13-25(59(51,52)53)23-29(27)55-35)21-6-2-4-11-37(47)57-41-32(44)18-19-33(41)45/h7-9,12-15,22-23H,1-6,10-11,16-21H2,(H-,48,49,50,51,52,53)/p+1. The number of imide groups is 2. The predicted octanol–water partition coefficient (Wildman–Crippen LogP) is 3.30. The van der Waals surface area contributed by atoms with Crippen molar-refractivity contribution in [3.8, 4) is 5.75 Å². The number of hydroxylamine groups is 4. The first-order valence-corrected chi connectivity index (χ1v) is 21.4. The van der Waals surface area contributed by atoms with Gasteiger partial charge in [-0.3, -0.25) is 28.3 Å². The number of fused-ring (bicyclic) bond motifs is 2. The fourth-order valence-electron chi connectivity index (χ4n) is 6.46. The van der Waals surface area contributed by atoms with E-state index in [1.165, 1.54) is 36.4 Å². The number of ether oxygens (including phenoxy) is 1. The first-order valence-electron chi connectivity index (χ1n) is 18.5. The van der Waals surface area contributed by atoms with Crippen molar-refractivity contribution in [2.24, 2.45) is 0 Å². The molecule has 3 aliphatic rings. The van der Waals surface area contributed by atoms with Crippen LogP contribution in [0.25, 0.3) is 17.2 Å². The van der Waals surface area contributed by atoms with E-state index in [-0.39, 0.29) is 71.4 Å². The van der Waals surface area contributed by atoms with Crippen molar-refractivity contribution in [2.45, 2.75) is 93.4 Å². The van der Waals surface area contributed by atoms with Crippen LogP contribution >= 0.6 is 0 Å². The summed E-state index contributed by atoms with van der Waals surface area (Å²) in [7, 11) is -9.11. The van der Waals surface area contributed by atoms with Gasteiger partial charge in [-0.15, -0.1) is 10.1 Å². The van der Waals surface area contributed by atoms with Gasteiger partial charge in [0.25, 0.3) is 49.4 Å². The number of amides is 4. The maximum Gasteiger partial charge on any atom is 0.374 e. The van der Waals surface area contributed by atoms with Gasteiger partial charge in [0.2, 0.25) is 11.5 Å². The van der Waals surface area contributed by atoms with Crippen LogP contribution in [0.15, 0.2) is 68.6 Å². The normalized spacial score (nSPS) is 16.6. The number of aryl methyl sites for hydroxylation is 1. The summed E-state index contributed by atoms with van der Waals surface area (Å²) in [6.07, 6.45) is 7.31. The van der Waals surface area contributed by atoms with Crippen molar-refractivity contribution in [2.75, 3.05) is 11.4 Å². The molecule has 2 fully saturated rings. The molecule has 0 atom stereocenters. The third kappa shape index (κ3) is 10.4. The van der Waals surface area contributed by atoms with Crippen LogP contribution in [0.4, 0.5) is 5.69 Å². The molecule has 22 heteroatoms. The fraction of sp³-hybridized carbons (Fsp3) is 0.378. The molecule has 1 aromatic heterocycles. The van der Waals surface area contributed by atoms with E-state index in [0.717, 1.165) is 0 Å². The number of benzene rings is 2. The van der Waals surface area contributed by atoms with Crippen molar-refractivity contribution in [1.82, 2.24) is 10.1 Å². The summed E-state index contributed by atoms with van der Waals surface area (Å²) >= 11 is 0. The molecule has 314 valence electrons. The molecule has 0 spiro atoms. The minimum Gasteiger partial charge on any atom is -0.439 e. The molecule has 6 rings (SSSR count). The SMILES string of the molecule is O=C(CCCCCN1C(=CC=Cc2oc3cc(S(=O)(=O)O)ccc3[n+]2CCCCCC(=O)ON2C(=O)CCC2=O)Oc2cc(S(=O)(=O)O)ccc21)ON1C(=O)CCC1=O. The number of oxazole rings is 1. The highest BCUT2D eigenvalue weighted by Crippen LogP contribution is 2.40. The average molecular weight is 860 g/mol. The lowest BCUT2D eigenvalue weighted by molar-refractivity contribution is -0.678. The molecule has 0 saturated carbocycles. The number of carbonyl (C=O) groups is 6. The first kappa shape index (κ1) is 42.6. The zero-order valence-corrected chi connectivity index (χ0v) is 32.9. The van der Waals surface area contributed by atoms with Gasteiger partial charge < -0.3 is 23.7 Å². The van der Waals surface area contributed by atoms with Gasteiger partial charge in [0.05, 0.1) is 21.6 Å². The number of allylic oxidation sites excluding steroid dienone is 2. The molecule has 59 heavy (non-hydrogen) atoms. The topological polar surface area (TPSA) is 266 Å². The van der Waals surface area contributed by atoms with Gasteiger partial charge in [-0.2, -0.15) is 21.4 Å². The van der Waals surface area contributed by atoms with Gasteiger partial charge in [0.1, 0.15) is 0 Å². The Morgan fingerprint density at radius 2 is 1.27 bits per heavy atom. The highest BCUT2D eigenvalue weighted by atomic mass is 32.2. The van der Waals surface area contributed by atoms with Gasteiger partial charge in [0.15, 0.2) is 12.3 Å². The van der Waals surface area contributed by atoms with Crippen LogP contribution in [0.2, 0.25) is 0 Å². The summed E-state index contributed by atoms with van der Waals surface area (Å²) in [5.74, 6) is -3.09. The van der Waals surface area contributed by atoms with Crippen molar-refractivity contribution in [3.05, 3.63) is 60.3 Å². The summed E-state index contributed by atoms with van der Waals surface area (Å²) in [5.41, 5.74) is 1.12. The molecule has 0 bridgehead atoms. The smallest absolute Gasteiger partial charge is 0.374 e. The van der Waals surface area contributed by atoms with E-state index >= 15 is 0 Å². The highest BCUT2D eigenvalue weighted by Gasteiger charge is 2.34. The Hall–Kier alpha value is -5.97. The second-order valence-electron chi connectivity index (χ2n) is 13.6. The molecule has 2 aromatic carbocycles. The molecule has 0 radical (unpaired) electrons. The summed E-state index contributed by atoms with van der Waals surface area (Å²) < 4.78 is 80.4. The van der Waals surface area contributed by atoms with E-state index < -0.39 is 55.8 Å². The minimum atomic E-state index is -4.55. The molecule has 2 saturated heterocycles. The Balaban J connectivity index is 1.14. The Kier molecular flexibility index (Phi) is 12.9. The van der Waals surface area contributed by atoms with Gasteiger partial charge in [-0.25, -0.2) is 9.59 Å². The number of carbonyl (C=O) groups excluding carboxylic acids is 6. The monoisotopic (exact) mass is 859 g/mol. The Morgan fingerprint density at radius 1 is 0.729 bits per heavy atom. The molecule has 4 heterocycles. The minimum absolute atomic E-state index is 0.0174. The lowest BCUT2D eigenvalue weighted by atomic mass is 10.2. The Bertz CT molecular complexity index is 2460. The lowest BCUT2D eigenvalue weighted by Gasteiger charge is -2.18. The van der Waals surface area contributed by atoms with Crippen LogP contribution < -0.4 is 14.2 Å². The number of aromatic nitrogens is 1. The van der Waals surface area contributed by atoms with Crippen molar-refractivity contribution >= 4 is 78.7 Å². The van der Waals surface area contributed by atoms with E-state index in [1.54, 1.807) is 27.7 Å². The van der Waals surface area contributed by atoms with Gasteiger partial charge >= 0.3 is 17.8 Å². The van der Waals surface area contributed by atoms with Crippen molar-refractivity contribution in [3.63, 3.8) is 0 Å². The number of unbranched alkanes of at least 4 members (excludes halogenated alkanes) is 4. The van der Waals surface area contributed by atoms with E-state index in [4.69, 9.17) is 18.8 Å². The van der Waals surface area contributed by atoms with Crippen LogP contribution in [-0.2, 0) is 65.2 Å². The largest absolute Gasteiger partial charge is 0.439 e. The number of anilines is 1. The summed E-state index contributed by atoms with van der Waals surface area (Å²) in [5, 5.41) is 0.981. The molecule has 0 aliphatic carbocycles. The zero-order valence-electron chi connectivity index (χ0n) is 31.3. The molecule has 0 unspecified atom stereocenters. The highest BCUT2D eigenvalue weighted by molar-refractivity contribution is 7.86. The Morgan fingerprint density at radius 3 is 1.85 bits per heavy atom. The van der Waals surface area contributed by atoms with E-state index in [9.17, 15) is 54.7 Å². The Labute approximate surface area is 337 Å². The molecule has 4 amide bonds. The van der Waals surface area contributed by atoms with Crippen molar-refractivity contribution < 1.29 is 78.1 Å². The summed E-state index contributed by atoms with van der Waals surface area (Å²) in [6.45, 7) is 0.661. The maximum atomic E-state index is 12.2. The van der Waals surface area contributed by atoms with E-state index in [1.807, 2.05) is 0 Å². The molecule has 2 N–H and O–H groups in total. The predicted molar refractivity (Wildman–Crippen MR) is 199 cm³/mol. The van der Waals surface area contributed by atoms with Crippen LogP contribution in [0.5, 0.6) is 5.75 Å². The van der Waals surface area contributed by atoms with Crippen molar-refractivity contribution in [1.29, 1.82) is 0 Å². The second kappa shape index (κ2) is 17.9. The van der Waals surface area contributed by atoms with Crippen LogP contribution in [0.1, 0.15) is 82.9 Å². The third-order valence-electron chi connectivity index (χ3n) is 9.40. The molecular formula is C37H39N4O16S2+. The lowest BCUT2D eigenvalue weighted by Crippen LogP contribution is -2.35. The number of rotatable bonds is 18. The summed E-state index contributed by atoms with van der Waals surface area (Å²) in [4.78, 5) is 82.2. The van der Waals surface area contributed by atoms with Crippen LogP contribution in [0, 0.1) is 0 Å². The molecule has 20 nitrogen and oxygen atoms in total. The number of nitrogens with zero attached hydrogens (tertiary/aromatic N) is 4. The van der Waals surface area contributed by atoms with Crippen LogP contribution in [-0.4, -0.2) is 78.2 Å². The first-order chi connectivity index (χ1) is 28.0. The average Bonchev–Trinajstić information content (AvgIpc) is 3.90. The molecule has 3 aromatic rings. The fourth-order valence-corrected chi connectivity index (χ4v) is 7.45. The summed E-state index contributed by atoms with van der Waals surface area (Å²) in [6, 6.07) is 7.72. The van der Waals surface area contributed by atoms with E-state index in [2.05, 4.69) is 0 Å². The van der Waals surface area contributed by atoms with Gasteiger partial charge in [-0.1, -0.05) is 6.42 Å². The quantitative estimate of drug-likeness (QED) is 0.0804. The third-order valence-corrected chi connectivity index (χ3v) is 11.1. The number of hydrogen-bond acceptors (Lipinski definition) is 15. The zero-order chi connectivity index (χ0) is 42.5.